The minimum absolute atomic E-state index is 0.274. The minimum Gasteiger partial charge on any atom is -0.466 e. The summed E-state index contributed by atoms with van der Waals surface area (Å²) < 4.78 is 4.51. The van der Waals surface area contributed by atoms with Crippen LogP contribution in [0.15, 0.2) is 12.2 Å². The topological polar surface area (TPSA) is 26.3 Å². The van der Waals surface area contributed by atoms with Gasteiger partial charge >= 0.3 is 5.97 Å². The van der Waals surface area contributed by atoms with Crippen molar-refractivity contribution < 1.29 is 9.53 Å². The first-order valence-electron chi connectivity index (χ1n) is 6.58. The number of allylic oxidation sites excluding steroid dienone is 1. The molecule has 18 heavy (non-hydrogen) atoms. The number of hydrogen-bond donors (Lipinski definition) is 0. The average molecular weight is 311 g/mol. The highest BCUT2D eigenvalue weighted by atomic mass is 35.7. The highest BCUT2D eigenvalue weighted by Crippen LogP contribution is 2.23. The van der Waals surface area contributed by atoms with Crippen molar-refractivity contribution >= 4 is 34.8 Å². The van der Waals surface area contributed by atoms with Crippen LogP contribution in [0.4, 0.5) is 0 Å². The monoisotopic (exact) mass is 310 g/mol. The number of hydrogen-bond acceptors (Lipinski definition) is 2. The average Bonchev–Trinajstić information content (AvgIpc) is 2.29. The predicted octanol–water partition coefficient (Wildman–Crippen LogP) is 5.00. The summed E-state index contributed by atoms with van der Waals surface area (Å²) in [6.07, 6.45) is 11.5. The molecule has 5 heteroatoms. The van der Waals surface area contributed by atoms with Crippen LogP contribution in [0, 0.1) is 0 Å². The molecule has 0 aliphatic heterocycles. The second-order valence-corrected chi connectivity index (χ2v) is 12.9. The number of methoxy groups -OCH3 is 1. The van der Waals surface area contributed by atoms with E-state index in [0.29, 0.717) is 0 Å². The zero-order valence-corrected chi connectivity index (χ0v) is 13.9. The van der Waals surface area contributed by atoms with Crippen LogP contribution in [0.5, 0.6) is 0 Å². The molecule has 0 radical (unpaired) electrons. The van der Waals surface area contributed by atoms with Crippen LogP contribution in [-0.2, 0) is 9.53 Å². The van der Waals surface area contributed by atoms with Crippen LogP contribution in [-0.4, -0.2) is 19.8 Å². The van der Waals surface area contributed by atoms with E-state index in [0.717, 1.165) is 25.3 Å². The molecule has 0 atom stereocenters. The summed E-state index contributed by atoms with van der Waals surface area (Å²) in [5, 5.41) is 0. The third-order valence-electron chi connectivity index (χ3n) is 2.69. The Morgan fingerprint density at radius 3 is 2.22 bits per heavy atom. The number of unbranched alkanes of at least 4 members (excludes halogenated alkanes) is 6. The summed E-state index contributed by atoms with van der Waals surface area (Å²) in [6, 6.07) is 0.998. The maximum Gasteiger partial charge on any atom is 0.330 e. The molecule has 0 saturated heterocycles. The fourth-order valence-electron chi connectivity index (χ4n) is 1.65. The van der Waals surface area contributed by atoms with Crippen LogP contribution in [0.25, 0.3) is 0 Å². The van der Waals surface area contributed by atoms with E-state index in [1.165, 1.54) is 38.9 Å². The van der Waals surface area contributed by atoms with E-state index in [9.17, 15) is 4.79 Å². The summed E-state index contributed by atoms with van der Waals surface area (Å²) in [4.78, 5) is 10.8. The summed E-state index contributed by atoms with van der Waals surface area (Å²) >= 11 is 12.1. The molecule has 0 spiro atoms. The van der Waals surface area contributed by atoms with Gasteiger partial charge in [0.1, 0.15) is 0 Å². The Balaban J connectivity index is 3.22. The maximum atomic E-state index is 10.8. The van der Waals surface area contributed by atoms with E-state index in [1.54, 1.807) is 0 Å². The van der Waals surface area contributed by atoms with Gasteiger partial charge in [0.2, 0.25) is 6.69 Å². The Labute approximate surface area is 121 Å². The molecule has 2 nitrogen and oxygen atoms in total. The summed E-state index contributed by atoms with van der Waals surface area (Å²) in [6.45, 7) is 0.110. The summed E-state index contributed by atoms with van der Waals surface area (Å²) in [5.41, 5.74) is 0. The van der Waals surface area contributed by atoms with Crippen LogP contribution < -0.4 is 0 Å². The number of ether oxygens (including phenoxy) is 1. The molecule has 0 N–H and O–H groups in total. The molecule has 0 unspecified atom stereocenters. The van der Waals surface area contributed by atoms with E-state index in [4.69, 9.17) is 22.2 Å². The number of esters is 1. The smallest absolute Gasteiger partial charge is 0.330 e. The van der Waals surface area contributed by atoms with Crippen molar-refractivity contribution in [1.29, 1.82) is 0 Å². The molecular weight excluding hydrogens is 287 g/mol. The molecule has 0 aromatic carbocycles. The van der Waals surface area contributed by atoms with Crippen molar-refractivity contribution in [3.63, 3.8) is 0 Å². The van der Waals surface area contributed by atoms with Gasteiger partial charge < -0.3 is 4.74 Å². The Morgan fingerprint density at radius 1 is 1.11 bits per heavy atom. The highest BCUT2D eigenvalue weighted by molar-refractivity contribution is 7.44. The van der Waals surface area contributed by atoms with Crippen LogP contribution >= 0.6 is 22.2 Å². The van der Waals surface area contributed by atoms with Gasteiger partial charge in [-0.2, -0.15) is 0 Å². The number of carbonyl (C=O) groups is 1. The fourth-order valence-corrected chi connectivity index (χ4v) is 3.32. The summed E-state index contributed by atoms with van der Waals surface area (Å²) in [5.74, 6) is -0.274. The molecule has 0 aromatic rings. The van der Waals surface area contributed by atoms with Gasteiger partial charge in [-0.15, -0.1) is 22.2 Å². The zero-order chi connectivity index (χ0) is 13.9. The highest BCUT2D eigenvalue weighted by Gasteiger charge is 2.19. The van der Waals surface area contributed by atoms with Gasteiger partial charge in [0.15, 0.2) is 0 Å². The quantitative estimate of drug-likeness (QED) is 0.187. The van der Waals surface area contributed by atoms with E-state index in [-0.39, 0.29) is 5.97 Å². The van der Waals surface area contributed by atoms with Gasteiger partial charge in [0.25, 0.3) is 0 Å². The molecule has 0 saturated carbocycles. The van der Waals surface area contributed by atoms with Gasteiger partial charge in [-0.1, -0.05) is 38.2 Å². The lowest BCUT2D eigenvalue weighted by atomic mass is 10.1. The zero-order valence-electron chi connectivity index (χ0n) is 11.4. The first kappa shape index (κ1) is 18.0. The van der Waals surface area contributed by atoms with E-state index >= 15 is 0 Å². The van der Waals surface area contributed by atoms with Crippen LogP contribution in [0.1, 0.15) is 44.9 Å². The number of halogens is 2. The molecule has 0 bridgehead atoms. The van der Waals surface area contributed by atoms with Gasteiger partial charge in [-0.3, -0.25) is 0 Å². The van der Waals surface area contributed by atoms with Crippen molar-refractivity contribution in [2.75, 3.05) is 7.11 Å². The number of carbonyl (C=O) groups excluding carboxylic acids is 1. The van der Waals surface area contributed by atoms with E-state index in [1.807, 2.05) is 12.6 Å². The molecule has 0 amide bonds. The first-order chi connectivity index (χ1) is 8.45. The number of rotatable bonds is 10. The Bertz CT molecular complexity index is 250. The van der Waals surface area contributed by atoms with Crippen molar-refractivity contribution in [3.05, 3.63) is 12.2 Å². The summed E-state index contributed by atoms with van der Waals surface area (Å²) in [7, 11) is 1.39. The van der Waals surface area contributed by atoms with Crippen LogP contribution in [0.3, 0.4) is 0 Å². The predicted molar refractivity (Wildman–Crippen MR) is 81.6 cm³/mol. The van der Waals surface area contributed by atoms with Gasteiger partial charge in [0.05, 0.1) is 7.11 Å². The van der Waals surface area contributed by atoms with Crippen molar-refractivity contribution in [2.24, 2.45) is 0 Å². The SMILES string of the molecule is COC(=O)C=CCCCCCCCC[Si](C)(Cl)Cl. The lowest BCUT2D eigenvalue weighted by Crippen LogP contribution is -2.11. The molecule has 0 aliphatic rings. The molecule has 0 fully saturated rings. The van der Waals surface area contributed by atoms with Gasteiger partial charge in [0, 0.05) is 6.08 Å². The molecular formula is C13H24Cl2O2Si. The van der Waals surface area contributed by atoms with Crippen molar-refractivity contribution in [1.82, 2.24) is 0 Å². The lowest BCUT2D eigenvalue weighted by molar-refractivity contribution is -0.134. The van der Waals surface area contributed by atoms with E-state index in [2.05, 4.69) is 4.74 Å². The molecule has 0 aliphatic carbocycles. The van der Waals surface area contributed by atoms with Crippen molar-refractivity contribution in [3.8, 4) is 0 Å². The molecule has 0 heterocycles. The second kappa shape index (κ2) is 10.9. The second-order valence-electron chi connectivity index (χ2n) is 4.66. The van der Waals surface area contributed by atoms with E-state index < -0.39 is 6.69 Å². The van der Waals surface area contributed by atoms with Gasteiger partial charge in [-0.05, 0) is 25.4 Å². The molecule has 0 rings (SSSR count). The Morgan fingerprint density at radius 2 is 1.67 bits per heavy atom. The largest absolute Gasteiger partial charge is 0.466 e. The van der Waals surface area contributed by atoms with Crippen molar-refractivity contribution in [2.45, 2.75) is 57.5 Å². The minimum atomic E-state index is -1.87. The third kappa shape index (κ3) is 14.1. The Hall–Kier alpha value is 0.00688. The maximum absolute atomic E-state index is 10.8. The van der Waals surface area contributed by atoms with Crippen LogP contribution in [0.2, 0.25) is 12.6 Å². The lowest BCUT2D eigenvalue weighted by Gasteiger charge is -2.08. The normalized spacial score (nSPS) is 12.0. The van der Waals surface area contributed by atoms with Gasteiger partial charge in [-0.25, -0.2) is 4.79 Å². The standard InChI is InChI=1S/C13H24Cl2O2Si/c1-17-13(16)11-9-7-5-3-4-6-8-10-12-18(2,14)15/h9,11H,3-8,10,12H2,1-2H3. The fraction of sp³-hybridized carbons (Fsp3) is 0.769. The first-order valence-corrected chi connectivity index (χ1v) is 11.3. The molecule has 0 aromatic heterocycles. The third-order valence-corrected chi connectivity index (χ3v) is 5.06. The Kier molecular flexibility index (Phi) is 10.9. The molecule has 106 valence electrons.